The molecule has 0 radical (unpaired) electrons. The third-order valence-corrected chi connectivity index (χ3v) is 6.45. The molecule has 2 aliphatic rings. The second-order valence-electron chi connectivity index (χ2n) is 7.75. The van der Waals surface area contributed by atoms with Crippen LogP contribution < -0.4 is 5.56 Å². The standard InChI is InChI=1S/C21H22N4O2S/c1-13-22-17(12-28-13)21(27)24-10-4-7-18(24)19-23-16-6-3-2-5-15(16)20(26)25(19)11-14-8-9-14/h2-3,5-6,12,14,18H,4,7-11H2,1H3. The van der Waals surface area contributed by atoms with Gasteiger partial charge in [-0.3, -0.25) is 14.2 Å². The molecular weight excluding hydrogens is 372 g/mol. The Hall–Kier alpha value is -2.54. The minimum Gasteiger partial charge on any atom is -0.327 e. The van der Waals surface area contributed by atoms with Gasteiger partial charge in [-0.2, -0.15) is 0 Å². The van der Waals surface area contributed by atoms with Gasteiger partial charge in [-0.15, -0.1) is 11.3 Å². The van der Waals surface area contributed by atoms with E-state index in [1.54, 1.807) is 0 Å². The average Bonchev–Trinajstić information content (AvgIpc) is 3.20. The van der Waals surface area contributed by atoms with E-state index in [2.05, 4.69) is 4.98 Å². The number of hydrogen-bond acceptors (Lipinski definition) is 5. The van der Waals surface area contributed by atoms with Crippen molar-refractivity contribution in [3.8, 4) is 0 Å². The third-order valence-electron chi connectivity index (χ3n) is 5.68. The summed E-state index contributed by atoms with van der Waals surface area (Å²) in [7, 11) is 0. The molecule has 5 rings (SSSR count). The molecule has 1 atom stereocenters. The molecule has 0 bridgehead atoms. The van der Waals surface area contributed by atoms with E-state index in [1.807, 2.05) is 46.0 Å². The van der Waals surface area contributed by atoms with Crippen molar-refractivity contribution in [1.29, 1.82) is 0 Å². The number of fused-ring (bicyclic) bond motifs is 1. The molecule has 3 heterocycles. The predicted octanol–water partition coefficient (Wildman–Crippen LogP) is 3.55. The molecule has 1 aromatic carbocycles. The van der Waals surface area contributed by atoms with Crippen LogP contribution in [0.15, 0.2) is 34.4 Å². The molecule has 144 valence electrons. The Bertz CT molecular complexity index is 1120. The maximum absolute atomic E-state index is 13.2. The topological polar surface area (TPSA) is 68.1 Å². The molecule has 1 aliphatic carbocycles. The molecule has 6 nitrogen and oxygen atoms in total. The minimum absolute atomic E-state index is 0.0105. The fourth-order valence-corrected chi connectivity index (χ4v) is 4.65. The van der Waals surface area contributed by atoms with E-state index >= 15 is 0 Å². The zero-order valence-corrected chi connectivity index (χ0v) is 16.6. The Morgan fingerprint density at radius 3 is 2.79 bits per heavy atom. The summed E-state index contributed by atoms with van der Waals surface area (Å²) < 4.78 is 1.84. The van der Waals surface area contributed by atoms with E-state index < -0.39 is 0 Å². The largest absolute Gasteiger partial charge is 0.327 e. The number of aryl methyl sites for hydroxylation is 1. The smallest absolute Gasteiger partial charge is 0.273 e. The van der Waals surface area contributed by atoms with Gasteiger partial charge >= 0.3 is 0 Å². The van der Waals surface area contributed by atoms with Crippen LogP contribution >= 0.6 is 11.3 Å². The minimum atomic E-state index is -0.175. The van der Waals surface area contributed by atoms with Crippen LogP contribution in [0.2, 0.25) is 0 Å². The fraction of sp³-hybridized carbons (Fsp3) is 0.429. The summed E-state index contributed by atoms with van der Waals surface area (Å²) in [6, 6.07) is 7.33. The monoisotopic (exact) mass is 394 g/mol. The Labute approximate surface area is 166 Å². The van der Waals surface area contributed by atoms with Crippen LogP contribution in [0.25, 0.3) is 10.9 Å². The second kappa shape index (κ2) is 6.81. The van der Waals surface area contributed by atoms with Gasteiger partial charge in [0, 0.05) is 18.5 Å². The highest BCUT2D eigenvalue weighted by atomic mass is 32.1. The van der Waals surface area contributed by atoms with Crippen molar-refractivity contribution >= 4 is 28.1 Å². The Morgan fingerprint density at radius 1 is 1.21 bits per heavy atom. The van der Waals surface area contributed by atoms with Gasteiger partial charge in [-0.1, -0.05) is 12.1 Å². The summed E-state index contributed by atoms with van der Waals surface area (Å²) in [5.74, 6) is 1.21. The van der Waals surface area contributed by atoms with Crippen molar-refractivity contribution in [3.63, 3.8) is 0 Å². The fourth-order valence-electron chi connectivity index (χ4n) is 4.06. The first kappa shape index (κ1) is 17.6. The van der Waals surface area contributed by atoms with Crippen LogP contribution in [-0.4, -0.2) is 31.9 Å². The molecule has 1 aliphatic heterocycles. The summed E-state index contributed by atoms with van der Waals surface area (Å²) in [6.07, 6.45) is 4.05. The third kappa shape index (κ3) is 3.03. The van der Waals surface area contributed by atoms with Gasteiger partial charge in [0.1, 0.15) is 11.5 Å². The van der Waals surface area contributed by atoms with Gasteiger partial charge in [-0.05, 0) is 50.7 Å². The highest BCUT2D eigenvalue weighted by molar-refractivity contribution is 7.09. The lowest BCUT2D eigenvalue weighted by Crippen LogP contribution is -2.36. The van der Waals surface area contributed by atoms with Gasteiger partial charge in [0.15, 0.2) is 0 Å². The van der Waals surface area contributed by atoms with E-state index in [1.165, 1.54) is 11.3 Å². The van der Waals surface area contributed by atoms with Gasteiger partial charge in [0.05, 0.1) is 22.0 Å². The van der Waals surface area contributed by atoms with Gasteiger partial charge in [0.25, 0.3) is 11.5 Å². The zero-order valence-electron chi connectivity index (χ0n) is 15.8. The number of hydrogen-bond donors (Lipinski definition) is 0. The van der Waals surface area contributed by atoms with Crippen molar-refractivity contribution in [1.82, 2.24) is 19.4 Å². The lowest BCUT2D eigenvalue weighted by molar-refractivity contribution is 0.0721. The number of carbonyl (C=O) groups is 1. The van der Waals surface area contributed by atoms with E-state index in [4.69, 9.17) is 4.98 Å². The first-order chi connectivity index (χ1) is 13.6. The Kier molecular flexibility index (Phi) is 4.27. The molecule has 28 heavy (non-hydrogen) atoms. The number of rotatable bonds is 4. The van der Waals surface area contributed by atoms with Crippen molar-refractivity contribution in [2.24, 2.45) is 5.92 Å². The first-order valence-electron chi connectivity index (χ1n) is 9.84. The lowest BCUT2D eigenvalue weighted by atomic mass is 10.1. The predicted molar refractivity (Wildman–Crippen MR) is 109 cm³/mol. The summed E-state index contributed by atoms with van der Waals surface area (Å²) >= 11 is 1.48. The van der Waals surface area contributed by atoms with Crippen LogP contribution in [-0.2, 0) is 6.54 Å². The number of likely N-dealkylation sites (tertiary alicyclic amines) is 1. The van der Waals surface area contributed by atoms with Crippen LogP contribution in [0.3, 0.4) is 0 Å². The molecule has 3 aromatic rings. The quantitative estimate of drug-likeness (QED) is 0.679. The summed E-state index contributed by atoms with van der Waals surface area (Å²) in [5.41, 5.74) is 1.21. The van der Waals surface area contributed by atoms with Gasteiger partial charge < -0.3 is 4.90 Å². The number of nitrogens with zero attached hydrogens (tertiary/aromatic N) is 4. The summed E-state index contributed by atoms with van der Waals surface area (Å²) in [4.78, 5) is 37.4. The van der Waals surface area contributed by atoms with Crippen LogP contribution in [0.4, 0.5) is 0 Å². The zero-order chi connectivity index (χ0) is 19.3. The summed E-state index contributed by atoms with van der Waals surface area (Å²) in [5, 5.41) is 3.35. The summed E-state index contributed by atoms with van der Waals surface area (Å²) in [6.45, 7) is 3.27. The number of benzene rings is 1. The molecule has 1 unspecified atom stereocenters. The molecule has 1 saturated carbocycles. The van der Waals surface area contributed by atoms with Crippen molar-refractivity contribution in [2.75, 3.05) is 6.54 Å². The SMILES string of the molecule is Cc1nc(C(=O)N2CCCC2c2nc3ccccc3c(=O)n2CC2CC2)cs1. The number of aromatic nitrogens is 3. The normalized spacial score (nSPS) is 19.5. The maximum Gasteiger partial charge on any atom is 0.273 e. The van der Waals surface area contributed by atoms with Gasteiger partial charge in [-0.25, -0.2) is 9.97 Å². The molecule has 0 spiro atoms. The van der Waals surface area contributed by atoms with Crippen molar-refractivity contribution < 1.29 is 4.79 Å². The molecule has 1 amide bonds. The van der Waals surface area contributed by atoms with E-state index in [0.29, 0.717) is 35.6 Å². The number of carbonyl (C=O) groups excluding carboxylic acids is 1. The highest BCUT2D eigenvalue weighted by Gasteiger charge is 2.36. The highest BCUT2D eigenvalue weighted by Crippen LogP contribution is 2.35. The van der Waals surface area contributed by atoms with E-state index in [-0.39, 0.29) is 17.5 Å². The number of amides is 1. The Balaban J connectivity index is 1.60. The van der Waals surface area contributed by atoms with Crippen LogP contribution in [0.1, 0.15) is 53.0 Å². The number of thiazole rings is 1. The van der Waals surface area contributed by atoms with E-state index in [0.717, 1.165) is 36.5 Å². The second-order valence-corrected chi connectivity index (χ2v) is 8.82. The molecular formula is C21H22N4O2S. The molecule has 0 N–H and O–H groups in total. The van der Waals surface area contributed by atoms with Crippen molar-refractivity contribution in [3.05, 3.63) is 56.5 Å². The van der Waals surface area contributed by atoms with Crippen LogP contribution in [0, 0.1) is 12.8 Å². The first-order valence-corrected chi connectivity index (χ1v) is 10.7. The van der Waals surface area contributed by atoms with E-state index in [9.17, 15) is 9.59 Å². The maximum atomic E-state index is 13.2. The molecule has 7 heteroatoms. The van der Waals surface area contributed by atoms with Crippen LogP contribution in [0.5, 0.6) is 0 Å². The Morgan fingerprint density at radius 2 is 2.04 bits per heavy atom. The van der Waals surface area contributed by atoms with Gasteiger partial charge in [0.2, 0.25) is 0 Å². The molecule has 1 saturated heterocycles. The molecule has 2 aromatic heterocycles. The number of para-hydroxylation sites is 1. The molecule has 2 fully saturated rings. The van der Waals surface area contributed by atoms with Crippen molar-refractivity contribution in [2.45, 2.75) is 45.2 Å². The lowest BCUT2D eigenvalue weighted by Gasteiger charge is -2.26. The average molecular weight is 395 g/mol.